The molecule has 12 heavy (non-hydrogen) atoms. The molecule has 0 saturated heterocycles. The summed E-state index contributed by atoms with van der Waals surface area (Å²) >= 11 is 0. The monoisotopic (exact) mass is 168 g/mol. The number of carbonyl (C=O) groups is 1. The molecule has 0 amide bonds. The quantitative estimate of drug-likeness (QED) is 0.552. The van der Waals surface area contributed by atoms with Crippen molar-refractivity contribution in [2.45, 2.75) is 6.61 Å². The van der Waals surface area contributed by atoms with E-state index in [0.717, 1.165) is 5.56 Å². The molecule has 0 aliphatic carbocycles. The topological polar surface area (TPSA) is 55.8 Å². The summed E-state index contributed by atoms with van der Waals surface area (Å²) in [6.07, 6.45) is -1.44. The lowest BCUT2D eigenvalue weighted by molar-refractivity contribution is -0.260. The zero-order valence-corrected chi connectivity index (χ0v) is 6.27. The van der Waals surface area contributed by atoms with Crippen LogP contribution in [-0.4, -0.2) is 11.3 Å². The maximum atomic E-state index is 9.84. The van der Waals surface area contributed by atoms with E-state index in [1.54, 1.807) is 0 Å². The molecule has 0 heterocycles. The molecule has 0 unspecified atom stereocenters. The average Bonchev–Trinajstić information content (AvgIpc) is 2.05. The highest BCUT2D eigenvalue weighted by Gasteiger charge is 1.97. The SMILES string of the molecule is O=C(O)OOCc1ccccc1. The van der Waals surface area contributed by atoms with Gasteiger partial charge >= 0.3 is 6.16 Å². The van der Waals surface area contributed by atoms with Crippen LogP contribution >= 0.6 is 0 Å². The summed E-state index contributed by atoms with van der Waals surface area (Å²) in [7, 11) is 0. The summed E-state index contributed by atoms with van der Waals surface area (Å²) in [5.41, 5.74) is 0.860. The van der Waals surface area contributed by atoms with Crippen molar-refractivity contribution >= 4 is 6.16 Å². The third-order valence-electron chi connectivity index (χ3n) is 1.20. The standard InChI is InChI=1S/C8H8O4/c9-8(10)12-11-6-7-4-2-1-3-5-7/h1-5H,6H2,(H,9,10). The summed E-state index contributed by atoms with van der Waals surface area (Å²) in [4.78, 5) is 18.1. The molecule has 1 aromatic rings. The van der Waals surface area contributed by atoms with Crippen LogP contribution in [0.3, 0.4) is 0 Å². The van der Waals surface area contributed by atoms with Gasteiger partial charge in [-0.25, -0.2) is 4.79 Å². The number of benzene rings is 1. The lowest BCUT2D eigenvalue weighted by atomic mass is 10.2. The van der Waals surface area contributed by atoms with Gasteiger partial charge in [-0.1, -0.05) is 30.3 Å². The Morgan fingerprint density at radius 3 is 2.58 bits per heavy atom. The van der Waals surface area contributed by atoms with Gasteiger partial charge in [-0.2, -0.15) is 4.89 Å². The second-order valence-corrected chi connectivity index (χ2v) is 2.10. The van der Waals surface area contributed by atoms with Crippen molar-refractivity contribution in [1.29, 1.82) is 0 Å². The Kier molecular flexibility index (Phi) is 3.10. The van der Waals surface area contributed by atoms with Gasteiger partial charge in [-0.3, -0.25) is 4.89 Å². The molecule has 0 atom stereocenters. The summed E-state index contributed by atoms with van der Waals surface area (Å²) in [5.74, 6) is 0. The Morgan fingerprint density at radius 1 is 1.33 bits per heavy atom. The zero-order chi connectivity index (χ0) is 8.81. The van der Waals surface area contributed by atoms with Crippen LogP contribution in [0.2, 0.25) is 0 Å². The van der Waals surface area contributed by atoms with E-state index >= 15 is 0 Å². The summed E-state index contributed by atoms with van der Waals surface area (Å²) in [5, 5.41) is 8.04. The normalized spacial score (nSPS) is 9.33. The third kappa shape index (κ3) is 3.03. The molecule has 4 heteroatoms. The lowest BCUT2D eigenvalue weighted by Crippen LogP contribution is -2.01. The summed E-state index contributed by atoms with van der Waals surface area (Å²) in [6, 6.07) is 9.15. The van der Waals surface area contributed by atoms with Crippen LogP contribution in [0.15, 0.2) is 30.3 Å². The fourth-order valence-corrected chi connectivity index (χ4v) is 0.722. The van der Waals surface area contributed by atoms with Crippen LogP contribution in [0.5, 0.6) is 0 Å². The van der Waals surface area contributed by atoms with Gasteiger partial charge in [-0.05, 0) is 5.56 Å². The first-order valence-electron chi connectivity index (χ1n) is 3.35. The van der Waals surface area contributed by atoms with Crippen LogP contribution in [0.4, 0.5) is 4.79 Å². The second-order valence-electron chi connectivity index (χ2n) is 2.10. The van der Waals surface area contributed by atoms with E-state index in [1.165, 1.54) is 0 Å². The van der Waals surface area contributed by atoms with Gasteiger partial charge in [-0.15, -0.1) is 0 Å². The van der Waals surface area contributed by atoms with Crippen LogP contribution in [0, 0.1) is 0 Å². The smallest absolute Gasteiger partial charge is 0.448 e. The van der Waals surface area contributed by atoms with Crippen molar-refractivity contribution in [1.82, 2.24) is 0 Å². The Morgan fingerprint density at radius 2 is 2.00 bits per heavy atom. The van der Waals surface area contributed by atoms with E-state index in [1.807, 2.05) is 30.3 Å². The van der Waals surface area contributed by atoms with Gasteiger partial charge in [0.25, 0.3) is 0 Å². The molecule has 64 valence electrons. The van der Waals surface area contributed by atoms with Crippen LogP contribution in [-0.2, 0) is 16.4 Å². The fourth-order valence-electron chi connectivity index (χ4n) is 0.722. The van der Waals surface area contributed by atoms with Crippen molar-refractivity contribution in [2.24, 2.45) is 0 Å². The van der Waals surface area contributed by atoms with Gasteiger partial charge in [0.2, 0.25) is 0 Å². The molecule has 1 rings (SSSR count). The first-order chi connectivity index (χ1) is 5.79. The molecule has 4 nitrogen and oxygen atoms in total. The molecular weight excluding hydrogens is 160 g/mol. The van der Waals surface area contributed by atoms with Gasteiger partial charge in [0.1, 0.15) is 6.61 Å². The Labute approximate surface area is 69.3 Å². The van der Waals surface area contributed by atoms with Gasteiger partial charge in [0.05, 0.1) is 0 Å². The zero-order valence-electron chi connectivity index (χ0n) is 6.27. The number of hydrogen-bond donors (Lipinski definition) is 1. The van der Waals surface area contributed by atoms with E-state index in [9.17, 15) is 4.79 Å². The van der Waals surface area contributed by atoms with Crippen molar-refractivity contribution < 1.29 is 19.7 Å². The molecule has 0 spiro atoms. The second kappa shape index (κ2) is 4.35. The highest BCUT2D eigenvalue weighted by Crippen LogP contribution is 2.00. The maximum absolute atomic E-state index is 9.84. The van der Waals surface area contributed by atoms with Crippen molar-refractivity contribution in [3.05, 3.63) is 35.9 Å². The Bertz CT molecular complexity index is 244. The van der Waals surface area contributed by atoms with Crippen molar-refractivity contribution in [3.63, 3.8) is 0 Å². The molecule has 0 radical (unpaired) electrons. The molecular formula is C8H8O4. The highest BCUT2D eigenvalue weighted by molar-refractivity contribution is 5.55. The molecule has 0 aliphatic rings. The molecule has 0 aromatic heterocycles. The van der Waals surface area contributed by atoms with Crippen molar-refractivity contribution in [3.8, 4) is 0 Å². The van der Waals surface area contributed by atoms with E-state index in [-0.39, 0.29) is 6.61 Å². The predicted molar refractivity (Wildman–Crippen MR) is 40.3 cm³/mol. The average molecular weight is 168 g/mol. The van der Waals surface area contributed by atoms with Crippen molar-refractivity contribution in [2.75, 3.05) is 0 Å². The van der Waals surface area contributed by atoms with Crippen LogP contribution in [0.25, 0.3) is 0 Å². The maximum Gasteiger partial charge on any atom is 0.537 e. The van der Waals surface area contributed by atoms with Gasteiger partial charge in [0.15, 0.2) is 0 Å². The molecule has 0 saturated carbocycles. The number of hydrogen-bond acceptors (Lipinski definition) is 3. The van der Waals surface area contributed by atoms with E-state index in [2.05, 4.69) is 9.78 Å². The summed E-state index contributed by atoms with van der Waals surface area (Å²) in [6.45, 7) is 0.132. The fraction of sp³-hybridized carbons (Fsp3) is 0.125. The highest BCUT2D eigenvalue weighted by atomic mass is 17.2. The van der Waals surface area contributed by atoms with Crippen LogP contribution in [0.1, 0.15) is 5.56 Å². The van der Waals surface area contributed by atoms with Gasteiger partial charge in [0, 0.05) is 0 Å². The molecule has 1 N–H and O–H groups in total. The summed E-state index contributed by atoms with van der Waals surface area (Å²) < 4.78 is 0. The minimum Gasteiger partial charge on any atom is -0.448 e. The Balaban J connectivity index is 2.29. The first kappa shape index (κ1) is 8.55. The molecule has 0 bridgehead atoms. The number of rotatable bonds is 3. The lowest BCUT2D eigenvalue weighted by Gasteiger charge is -1.98. The van der Waals surface area contributed by atoms with Crippen LogP contribution < -0.4 is 0 Å². The molecule has 0 fully saturated rings. The largest absolute Gasteiger partial charge is 0.537 e. The minimum absolute atomic E-state index is 0.132. The first-order valence-corrected chi connectivity index (χ1v) is 3.35. The predicted octanol–water partition coefficient (Wildman–Crippen LogP) is 1.81. The Hall–Kier alpha value is -1.55. The molecule has 1 aromatic carbocycles. The number of carboxylic acid groups (broad SMARTS) is 1. The van der Waals surface area contributed by atoms with Gasteiger partial charge < -0.3 is 5.11 Å². The van der Waals surface area contributed by atoms with E-state index < -0.39 is 6.16 Å². The van der Waals surface area contributed by atoms with E-state index in [4.69, 9.17) is 5.11 Å². The third-order valence-corrected chi connectivity index (χ3v) is 1.20. The molecule has 0 aliphatic heterocycles. The minimum atomic E-state index is -1.44. The van der Waals surface area contributed by atoms with E-state index in [0.29, 0.717) is 0 Å².